The summed E-state index contributed by atoms with van der Waals surface area (Å²) in [6, 6.07) is 24.7. The van der Waals surface area contributed by atoms with Gasteiger partial charge in [-0.15, -0.1) is 0 Å². The summed E-state index contributed by atoms with van der Waals surface area (Å²) >= 11 is 0. The number of hydrogen-bond donors (Lipinski definition) is 0. The van der Waals surface area contributed by atoms with E-state index in [0.717, 1.165) is 11.1 Å². The van der Waals surface area contributed by atoms with Crippen LogP contribution >= 0.6 is 0 Å². The Morgan fingerprint density at radius 1 is 0.712 bits per heavy atom. The lowest BCUT2D eigenvalue weighted by Gasteiger charge is -2.26. The quantitative estimate of drug-likeness (QED) is 0.106. The Morgan fingerprint density at radius 3 is 1.92 bits per heavy atom. The molecule has 0 unspecified atom stereocenters. The molecule has 0 aliphatic heterocycles. The minimum absolute atomic E-state index is 0.00919. The van der Waals surface area contributed by atoms with Crippen LogP contribution in [0.4, 0.5) is 5.69 Å². The number of methoxy groups -OCH3 is 2. The standard InChI is InChI=1S/C38H28N4O8S2/c1-21-9-13-24(14-10-21)51(45,46)42(52(47,48)25-15-11-22(2)12-16-25)32-20-29-23(18-33(32)49-3)17-28-34(39-29)35-36-27(19-30(40-35)38(44)50-4)26-7-5-6-8-31(26)41(36)37(28)43/h5-20H,1-4H3. The molecule has 4 aromatic carbocycles. The molecule has 0 spiro atoms. The third kappa shape index (κ3) is 4.86. The molecule has 0 aliphatic carbocycles. The number of para-hydroxylation sites is 1. The number of esters is 1. The molecular weight excluding hydrogens is 705 g/mol. The summed E-state index contributed by atoms with van der Waals surface area (Å²) in [4.78, 5) is 36.0. The van der Waals surface area contributed by atoms with Crippen molar-refractivity contribution in [2.24, 2.45) is 0 Å². The van der Waals surface area contributed by atoms with Gasteiger partial charge in [-0.3, -0.25) is 9.20 Å². The molecule has 0 fully saturated rings. The fraction of sp³-hybridized carbons (Fsp3) is 0.105. The lowest BCUT2D eigenvalue weighted by Crippen LogP contribution is -2.37. The summed E-state index contributed by atoms with van der Waals surface area (Å²) in [5.41, 5.74) is 2.31. The van der Waals surface area contributed by atoms with E-state index in [1.807, 2.05) is 12.1 Å². The lowest BCUT2D eigenvalue weighted by molar-refractivity contribution is 0.0594. The van der Waals surface area contributed by atoms with Gasteiger partial charge in [-0.1, -0.05) is 53.6 Å². The number of sulfonamides is 2. The molecule has 52 heavy (non-hydrogen) atoms. The highest BCUT2D eigenvalue weighted by atomic mass is 32.3. The minimum Gasteiger partial charge on any atom is -0.494 e. The van der Waals surface area contributed by atoms with Crippen molar-refractivity contribution in [1.29, 1.82) is 0 Å². The second-order valence-electron chi connectivity index (χ2n) is 12.3. The monoisotopic (exact) mass is 732 g/mol. The van der Waals surface area contributed by atoms with Crippen molar-refractivity contribution in [3.63, 3.8) is 0 Å². The lowest BCUT2D eigenvalue weighted by atomic mass is 10.1. The first-order chi connectivity index (χ1) is 24.8. The Balaban J connectivity index is 1.48. The van der Waals surface area contributed by atoms with Crippen LogP contribution in [0.5, 0.6) is 5.75 Å². The van der Waals surface area contributed by atoms with Crippen LogP contribution in [-0.2, 0) is 24.8 Å². The SMILES string of the molecule is COC(=O)c1cc2c3ccccc3n3c(=O)c4cc5cc(OC)c(N(S(=O)(=O)c6ccc(C)cc6)S(=O)(=O)c6ccc(C)cc6)cc5nc4c(n1)c23. The molecule has 4 heterocycles. The van der Waals surface area contributed by atoms with Crippen molar-refractivity contribution in [2.75, 3.05) is 17.9 Å². The van der Waals surface area contributed by atoms with Crippen LogP contribution in [-0.4, -0.2) is 51.4 Å². The molecule has 260 valence electrons. The fourth-order valence-electron chi connectivity index (χ4n) is 6.53. The van der Waals surface area contributed by atoms with Crippen LogP contribution in [0.1, 0.15) is 21.6 Å². The van der Waals surface area contributed by atoms with Crippen LogP contribution in [0.25, 0.3) is 49.1 Å². The Labute approximate surface area is 296 Å². The molecule has 0 amide bonds. The Kier molecular flexibility index (Phi) is 7.45. The molecular formula is C38H28N4O8S2. The molecule has 8 aromatic rings. The van der Waals surface area contributed by atoms with Gasteiger partial charge in [0.1, 0.15) is 28.2 Å². The van der Waals surface area contributed by atoms with Gasteiger partial charge in [-0.2, -0.15) is 3.71 Å². The first-order valence-electron chi connectivity index (χ1n) is 15.9. The van der Waals surface area contributed by atoms with Gasteiger partial charge in [0.2, 0.25) is 0 Å². The predicted molar refractivity (Wildman–Crippen MR) is 198 cm³/mol. The van der Waals surface area contributed by atoms with E-state index in [1.165, 1.54) is 55.0 Å². The van der Waals surface area contributed by atoms with Crippen LogP contribution < -0.4 is 14.0 Å². The zero-order chi connectivity index (χ0) is 36.7. The molecule has 12 nitrogen and oxygen atoms in total. The number of aryl methyl sites for hydroxylation is 2. The number of rotatable bonds is 7. The molecule has 14 heteroatoms. The first-order valence-corrected chi connectivity index (χ1v) is 18.8. The Bertz CT molecular complexity index is 3000. The average molecular weight is 733 g/mol. The highest BCUT2D eigenvalue weighted by Gasteiger charge is 2.39. The minimum atomic E-state index is -4.80. The van der Waals surface area contributed by atoms with Crippen molar-refractivity contribution in [1.82, 2.24) is 14.4 Å². The smallest absolute Gasteiger partial charge is 0.356 e. The van der Waals surface area contributed by atoms with E-state index in [2.05, 4.69) is 4.98 Å². The molecule has 0 saturated heterocycles. The largest absolute Gasteiger partial charge is 0.494 e. The average Bonchev–Trinajstić information content (AvgIpc) is 3.47. The van der Waals surface area contributed by atoms with E-state index in [-0.39, 0.29) is 48.9 Å². The number of carbonyl (C=O) groups excluding carboxylic acids is 1. The molecule has 0 atom stereocenters. The third-order valence-corrected chi connectivity index (χ3v) is 13.3. The van der Waals surface area contributed by atoms with E-state index in [0.29, 0.717) is 30.9 Å². The van der Waals surface area contributed by atoms with Gasteiger partial charge in [0.15, 0.2) is 0 Å². The van der Waals surface area contributed by atoms with E-state index >= 15 is 0 Å². The number of ether oxygens (including phenoxy) is 2. The summed E-state index contributed by atoms with van der Waals surface area (Å²) in [6.45, 7) is 3.56. The number of aromatic nitrogens is 3. The van der Waals surface area contributed by atoms with Gasteiger partial charge in [-0.05, 0) is 68.4 Å². The maximum atomic E-state index is 14.5. The van der Waals surface area contributed by atoms with Gasteiger partial charge in [0.25, 0.3) is 25.6 Å². The highest BCUT2D eigenvalue weighted by Crippen LogP contribution is 2.41. The van der Waals surface area contributed by atoms with E-state index in [1.54, 1.807) is 62.4 Å². The topological polar surface area (TPSA) is 154 Å². The third-order valence-electron chi connectivity index (χ3n) is 9.09. The zero-order valence-electron chi connectivity index (χ0n) is 28.1. The van der Waals surface area contributed by atoms with Gasteiger partial charge >= 0.3 is 5.97 Å². The summed E-state index contributed by atoms with van der Waals surface area (Å²) in [6.07, 6.45) is 0. The molecule has 8 rings (SSSR count). The van der Waals surface area contributed by atoms with Crippen LogP contribution in [0, 0.1) is 13.8 Å². The molecule has 4 aromatic heterocycles. The molecule has 0 bridgehead atoms. The Morgan fingerprint density at radius 2 is 1.33 bits per heavy atom. The van der Waals surface area contributed by atoms with Crippen molar-refractivity contribution in [3.05, 3.63) is 124 Å². The maximum Gasteiger partial charge on any atom is 0.356 e. The van der Waals surface area contributed by atoms with Gasteiger partial charge in [0.05, 0.1) is 45.9 Å². The summed E-state index contributed by atoms with van der Waals surface area (Å²) in [5, 5.41) is 1.80. The number of benzene rings is 4. The van der Waals surface area contributed by atoms with Crippen molar-refractivity contribution in [3.8, 4) is 5.75 Å². The zero-order valence-corrected chi connectivity index (χ0v) is 29.7. The molecule has 0 N–H and O–H groups in total. The van der Waals surface area contributed by atoms with E-state index < -0.39 is 31.6 Å². The second-order valence-corrected chi connectivity index (χ2v) is 16.1. The van der Waals surface area contributed by atoms with E-state index in [4.69, 9.17) is 14.5 Å². The van der Waals surface area contributed by atoms with Gasteiger partial charge in [0, 0.05) is 16.2 Å². The molecule has 0 saturated carbocycles. The van der Waals surface area contributed by atoms with Crippen LogP contribution in [0.3, 0.4) is 0 Å². The highest BCUT2D eigenvalue weighted by molar-refractivity contribution is 8.10. The van der Waals surface area contributed by atoms with Gasteiger partial charge in [-0.25, -0.2) is 31.6 Å². The van der Waals surface area contributed by atoms with Crippen molar-refractivity contribution >= 4 is 80.8 Å². The number of hydrogen-bond acceptors (Lipinski definition) is 10. The van der Waals surface area contributed by atoms with Crippen molar-refractivity contribution in [2.45, 2.75) is 23.6 Å². The molecule has 0 aliphatic rings. The fourth-order valence-corrected chi connectivity index (χ4v) is 10.2. The summed E-state index contributed by atoms with van der Waals surface area (Å²) < 4.78 is 70.4. The number of pyridine rings is 3. The normalized spacial score (nSPS) is 12.3. The number of fused-ring (bicyclic) bond motifs is 6. The maximum absolute atomic E-state index is 14.5. The molecule has 0 radical (unpaired) electrons. The number of nitrogens with zero attached hydrogens (tertiary/aromatic N) is 4. The number of carbonyl (C=O) groups is 1. The second kappa shape index (κ2) is 11.7. The predicted octanol–water partition coefficient (Wildman–Crippen LogP) is 6.14. The van der Waals surface area contributed by atoms with Crippen LogP contribution in [0.2, 0.25) is 0 Å². The number of anilines is 1. The van der Waals surface area contributed by atoms with E-state index in [9.17, 15) is 26.4 Å². The van der Waals surface area contributed by atoms with Gasteiger partial charge < -0.3 is 9.47 Å². The first kappa shape index (κ1) is 33.0. The Hall–Kier alpha value is -6.12. The summed E-state index contributed by atoms with van der Waals surface area (Å²) in [7, 11) is -7.08. The summed E-state index contributed by atoms with van der Waals surface area (Å²) in [5.74, 6) is -0.802. The van der Waals surface area contributed by atoms with Crippen molar-refractivity contribution < 1.29 is 31.1 Å². The van der Waals surface area contributed by atoms with Crippen LogP contribution in [0.15, 0.2) is 112 Å².